The van der Waals surface area contributed by atoms with Crippen LogP contribution in [0, 0.1) is 5.41 Å². The number of anilines is 1. The molecule has 0 aromatic carbocycles. The van der Waals surface area contributed by atoms with Crippen LogP contribution in [0.1, 0.15) is 32.6 Å². The largest absolute Gasteiger partial charge is 0.384 e. The van der Waals surface area contributed by atoms with Crippen molar-refractivity contribution < 1.29 is 14.6 Å². The number of nitrogens with zero attached hydrogens (tertiary/aromatic N) is 2. The van der Waals surface area contributed by atoms with Gasteiger partial charge in [-0.2, -0.15) is 0 Å². The number of carbonyl (C=O) groups is 1. The van der Waals surface area contributed by atoms with E-state index in [0.717, 1.165) is 0 Å². The quantitative estimate of drug-likeness (QED) is 0.840. The molecule has 0 fully saturated rings. The van der Waals surface area contributed by atoms with Gasteiger partial charge in [0.05, 0.1) is 24.7 Å². The minimum Gasteiger partial charge on any atom is -0.384 e. The standard InChI is InChI=1S/C12H19N3O3/c1-12(2,3)11(17)15-10-6-13-8(5-14-10)9(16)7-18-4/h5-6,9,16H,7H2,1-4H3,(H,14,15,17). The molecule has 0 aliphatic carbocycles. The Morgan fingerprint density at radius 3 is 2.56 bits per heavy atom. The fourth-order valence-corrected chi connectivity index (χ4v) is 1.12. The number of carbonyl (C=O) groups excluding carboxylic acids is 1. The molecule has 6 nitrogen and oxygen atoms in total. The highest BCUT2D eigenvalue weighted by atomic mass is 16.5. The highest BCUT2D eigenvalue weighted by Crippen LogP contribution is 2.16. The SMILES string of the molecule is COCC(O)c1cnc(NC(=O)C(C)(C)C)cn1. The van der Waals surface area contributed by atoms with E-state index in [9.17, 15) is 9.90 Å². The maximum absolute atomic E-state index is 11.7. The summed E-state index contributed by atoms with van der Waals surface area (Å²) in [6.45, 7) is 5.59. The summed E-state index contributed by atoms with van der Waals surface area (Å²) in [6.07, 6.45) is 2.02. The lowest BCUT2D eigenvalue weighted by Gasteiger charge is -2.17. The summed E-state index contributed by atoms with van der Waals surface area (Å²) in [4.78, 5) is 19.8. The van der Waals surface area contributed by atoms with Gasteiger partial charge in [-0.1, -0.05) is 20.8 Å². The van der Waals surface area contributed by atoms with Gasteiger partial charge in [-0.3, -0.25) is 9.78 Å². The average molecular weight is 253 g/mol. The minimum absolute atomic E-state index is 0.137. The molecule has 0 saturated heterocycles. The molecule has 0 bridgehead atoms. The van der Waals surface area contributed by atoms with Gasteiger partial charge in [-0.15, -0.1) is 0 Å². The van der Waals surface area contributed by atoms with Crippen LogP contribution in [0.5, 0.6) is 0 Å². The molecule has 100 valence electrons. The molecule has 1 heterocycles. The fourth-order valence-electron chi connectivity index (χ4n) is 1.12. The van der Waals surface area contributed by atoms with Gasteiger partial charge in [-0.25, -0.2) is 4.98 Å². The molecule has 0 radical (unpaired) electrons. The third-order valence-electron chi connectivity index (χ3n) is 2.26. The van der Waals surface area contributed by atoms with E-state index < -0.39 is 11.5 Å². The summed E-state index contributed by atoms with van der Waals surface area (Å²) in [5, 5.41) is 12.3. The average Bonchev–Trinajstić information content (AvgIpc) is 2.29. The Bertz CT molecular complexity index is 398. The van der Waals surface area contributed by atoms with Gasteiger partial charge < -0.3 is 15.2 Å². The maximum atomic E-state index is 11.7. The van der Waals surface area contributed by atoms with E-state index in [2.05, 4.69) is 15.3 Å². The molecule has 0 aliphatic heterocycles. The summed E-state index contributed by atoms with van der Waals surface area (Å²) in [7, 11) is 1.49. The Morgan fingerprint density at radius 1 is 1.44 bits per heavy atom. The van der Waals surface area contributed by atoms with E-state index in [1.807, 2.05) is 20.8 Å². The van der Waals surface area contributed by atoms with Gasteiger partial charge in [0.15, 0.2) is 5.82 Å². The topological polar surface area (TPSA) is 84.3 Å². The van der Waals surface area contributed by atoms with E-state index in [0.29, 0.717) is 11.5 Å². The molecular formula is C12H19N3O3. The molecule has 1 rings (SSSR count). The smallest absolute Gasteiger partial charge is 0.230 e. The Morgan fingerprint density at radius 2 is 2.11 bits per heavy atom. The number of methoxy groups -OCH3 is 1. The summed E-state index contributed by atoms with van der Waals surface area (Å²) < 4.78 is 4.81. The summed E-state index contributed by atoms with van der Waals surface area (Å²) in [6, 6.07) is 0. The van der Waals surface area contributed by atoms with Gasteiger partial charge in [0.1, 0.15) is 6.10 Å². The molecule has 1 atom stereocenters. The molecule has 1 amide bonds. The maximum Gasteiger partial charge on any atom is 0.230 e. The second-order valence-electron chi connectivity index (χ2n) is 5.00. The molecule has 6 heteroatoms. The second-order valence-corrected chi connectivity index (χ2v) is 5.00. The Labute approximate surface area is 106 Å². The lowest BCUT2D eigenvalue weighted by atomic mass is 9.96. The highest BCUT2D eigenvalue weighted by molar-refractivity contribution is 5.93. The Balaban J connectivity index is 2.69. The van der Waals surface area contributed by atoms with Crippen molar-refractivity contribution in [2.45, 2.75) is 26.9 Å². The number of aliphatic hydroxyl groups excluding tert-OH is 1. The predicted molar refractivity (Wildman–Crippen MR) is 67.0 cm³/mol. The first-order chi connectivity index (χ1) is 8.34. The van der Waals surface area contributed by atoms with E-state index in [4.69, 9.17) is 4.74 Å². The lowest BCUT2D eigenvalue weighted by molar-refractivity contribution is -0.123. The van der Waals surface area contributed by atoms with Crippen molar-refractivity contribution in [3.05, 3.63) is 18.1 Å². The zero-order chi connectivity index (χ0) is 13.8. The van der Waals surface area contributed by atoms with Crippen molar-refractivity contribution in [3.63, 3.8) is 0 Å². The third kappa shape index (κ3) is 4.05. The number of hydrogen-bond acceptors (Lipinski definition) is 5. The molecule has 1 unspecified atom stereocenters. The Kier molecular flexibility index (Phi) is 4.75. The molecule has 0 spiro atoms. The van der Waals surface area contributed by atoms with Crippen LogP contribution in [0.25, 0.3) is 0 Å². The van der Waals surface area contributed by atoms with Crippen LogP contribution in [0.15, 0.2) is 12.4 Å². The van der Waals surface area contributed by atoms with E-state index >= 15 is 0 Å². The second kappa shape index (κ2) is 5.88. The van der Waals surface area contributed by atoms with Gasteiger partial charge >= 0.3 is 0 Å². The number of rotatable bonds is 4. The van der Waals surface area contributed by atoms with E-state index in [1.165, 1.54) is 19.5 Å². The molecule has 1 aromatic rings. The van der Waals surface area contributed by atoms with Crippen LogP contribution in [-0.4, -0.2) is 34.7 Å². The number of aromatic nitrogens is 2. The van der Waals surface area contributed by atoms with Gasteiger partial charge in [0.2, 0.25) is 5.91 Å². The number of aliphatic hydroxyl groups is 1. The van der Waals surface area contributed by atoms with E-state index in [-0.39, 0.29) is 12.5 Å². The molecule has 18 heavy (non-hydrogen) atoms. The van der Waals surface area contributed by atoms with Crippen LogP contribution in [0.4, 0.5) is 5.82 Å². The lowest BCUT2D eigenvalue weighted by Crippen LogP contribution is -2.28. The summed E-state index contributed by atoms with van der Waals surface area (Å²) >= 11 is 0. The zero-order valence-corrected chi connectivity index (χ0v) is 11.1. The van der Waals surface area contributed by atoms with Crippen LogP contribution in [0.2, 0.25) is 0 Å². The molecule has 0 saturated carbocycles. The van der Waals surface area contributed by atoms with Gasteiger partial charge in [-0.05, 0) is 0 Å². The van der Waals surface area contributed by atoms with Gasteiger partial charge in [0, 0.05) is 12.5 Å². The van der Waals surface area contributed by atoms with E-state index in [1.54, 1.807) is 0 Å². The first kappa shape index (κ1) is 14.5. The third-order valence-corrected chi connectivity index (χ3v) is 2.26. The predicted octanol–water partition coefficient (Wildman–Crippen LogP) is 1.14. The highest BCUT2D eigenvalue weighted by Gasteiger charge is 2.21. The van der Waals surface area contributed by atoms with Crippen LogP contribution < -0.4 is 5.32 Å². The van der Waals surface area contributed by atoms with Crippen LogP contribution >= 0.6 is 0 Å². The van der Waals surface area contributed by atoms with Crippen molar-refractivity contribution in [1.82, 2.24) is 9.97 Å². The number of amides is 1. The first-order valence-corrected chi connectivity index (χ1v) is 5.65. The van der Waals surface area contributed by atoms with Crippen molar-refractivity contribution in [2.75, 3.05) is 19.0 Å². The van der Waals surface area contributed by atoms with Crippen LogP contribution in [0.3, 0.4) is 0 Å². The van der Waals surface area contributed by atoms with Crippen molar-refractivity contribution in [1.29, 1.82) is 0 Å². The zero-order valence-electron chi connectivity index (χ0n) is 11.1. The molecule has 2 N–H and O–H groups in total. The fraction of sp³-hybridized carbons (Fsp3) is 0.583. The molecule has 0 aliphatic rings. The number of nitrogens with one attached hydrogen (secondary N) is 1. The summed E-state index contributed by atoms with van der Waals surface area (Å²) in [5.41, 5.74) is -0.0822. The van der Waals surface area contributed by atoms with Crippen LogP contribution in [-0.2, 0) is 9.53 Å². The normalized spacial score (nSPS) is 13.2. The minimum atomic E-state index is -0.810. The summed E-state index contributed by atoms with van der Waals surface area (Å²) in [5.74, 6) is 0.227. The first-order valence-electron chi connectivity index (χ1n) is 5.65. The molecule has 1 aromatic heterocycles. The molecular weight excluding hydrogens is 234 g/mol. The van der Waals surface area contributed by atoms with Crippen molar-refractivity contribution in [3.8, 4) is 0 Å². The van der Waals surface area contributed by atoms with Crippen molar-refractivity contribution in [2.24, 2.45) is 5.41 Å². The number of ether oxygens (including phenoxy) is 1. The Hall–Kier alpha value is -1.53. The van der Waals surface area contributed by atoms with Crippen molar-refractivity contribution >= 4 is 11.7 Å². The van der Waals surface area contributed by atoms with Gasteiger partial charge in [0.25, 0.3) is 0 Å². The number of hydrogen-bond donors (Lipinski definition) is 2. The monoisotopic (exact) mass is 253 g/mol.